The summed E-state index contributed by atoms with van der Waals surface area (Å²) in [5.41, 5.74) is 11.6. The molecule has 1 atom stereocenters. The predicted octanol–water partition coefficient (Wildman–Crippen LogP) is 4.36. The second kappa shape index (κ2) is 8.74. The molecule has 1 aliphatic heterocycles. The molecule has 1 aromatic carbocycles. The van der Waals surface area contributed by atoms with Crippen LogP contribution in [-0.4, -0.2) is 33.9 Å². The number of hydrogen-bond donors (Lipinski definition) is 3. The summed E-state index contributed by atoms with van der Waals surface area (Å²) in [7, 11) is 0. The Balaban J connectivity index is 1.45. The van der Waals surface area contributed by atoms with Crippen molar-refractivity contribution in [1.29, 1.82) is 0 Å². The van der Waals surface area contributed by atoms with Gasteiger partial charge in [-0.25, -0.2) is 9.97 Å². The summed E-state index contributed by atoms with van der Waals surface area (Å²) in [4.78, 5) is 11.2. The van der Waals surface area contributed by atoms with Crippen LogP contribution in [0, 0.1) is 0 Å². The highest BCUT2D eigenvalue weighted by atomic mass is 19.2. The maximum atomic E-state index is 14.6. The van der Waals surface area contributed by atoms with Crippen LogP contribution in [0.3, 0.4) is 0 Å². The lowest BCUT2D eigenvalue weighted by Crippen LogP contribution is -2.33. The van der Waals surface area contributed by atoms with Gasteiger partial charge in [0, 0.05) is 23.8 Å². The van der Waals surface area contributed by atoms with Crippen LogP contribution >= 0.6 is 0 Å². The summed E-state index contributed by atoms with van der Waals surface area (Å²) in [6, 6.07) is 8.00. The van der Waals surface area contributed by atoms with Gasteiger partial charge in [0.05, 0.1) is 23.6 Å². The van der Waals surface area contributed by atoms with Crippen molar-refractivity contribution in [3.05, 3.63) is 78.4 Å². The number of nitrogens with one attached hydrogen (secondary N) is 2. The van der Waals surface area contributed by atoms with E-state index in [-0.39, 0.29) is 0 Å². The van der Waals surface area contributed by atoms with Gasteiger partial charge < -0.3 is 16.0 Å². The van der Waals surface area contributed by atoms with Crippen LogP contribution in [0.4, 0.5) is 15.9 Å². The lowest BCUT2D eigenvalue weighted by atomic mass is 10.1. The Labute approximate surface area is 189 Å². The molecule has 1 saturated heterocycles. The van der Waals surface area contributed by atoms with Crippen LogP contribution in [0.25, 0.3) is 5.70 Å². The number of aromatic nitrogens is 2. The zero-order valence-corrected chi connectivity index (χ0v) is 18.6. The lowest BCUT2D eigenvalue weighted by molar-refractivity contribution is 0.186. The Bertz CT molecular complexity index is 1060. The van der Waals surface area contributed by atoms with Crippen molar-refractivity contribution in [1.82, 2.24) is 20.2 Å². The molecule has 1 saturated carbocycles. The number of anilines is 2. The van der Waals surface area contributed by atoms with Gasteiger partial charge >= 0.3 is 0 Å². The summed E-state index contributed by atoms with van der Waals surface area (Å²) in [5.74, 6) is -0.401. The molecule has 32 heavy (non-hydrogen) atoms. The molecule has 4 rings (SSSR count). The highest BCUT2D eigenvalue weighted by Gasteiger charge is 2.53. The Hall–Kier alpha value is -3.19. The first-order valence-corrected chi connectivity index (χ1v) is 11.1. The summed E-state index contributed by atoms with van der Waals surface area (Å²) in [5, 5.41) is 6.34. The third kappa shape index (κ3) is 4.67. The predicted molar refractivity (Wildman–Crippen MR) is 128 cm³/mol. The second-order valence-corrected chi connectivity index (χ2v) is 8.45. The molecule has 1 aromatic heterocycles. The van der Waals surface area contributed by atoms with Crippen molar-refractivity contribution < 1.29 is 4.39 Å². The van der Waals surface area contributed by atoms with Crippen LogP contribution in [0.15, 0.2) is 55.8 Å². The number of nitrogens with two attached hydrogens (primary N) is 1. The van der Waals surface area contributed by atoms with Gasteiger partial charge in [-0.05, 0) is 49.5 Å². The van der Waals surface area contributed by atoms with Gasteiger partial charge in [-0.2, -0.15) is 4.39 Å². The van der Waals surface area contributed by atoms with Crippen LogP contribution < -0.4 is 16.4 Å². The molecule has 1 aliphatic carbocycles. The fourth-order valence-electron chi connectivity index (χ4n) is 3.84. The van der Waals surface area contributed by atoms with E-state index in [0.29, 0.717) is 48.3 Å². The van der Waals surface area contributed by atoms with Crippen molar-refractivity contribution in [3.8, 4) is 0 Å². The summed E-state index contributed by atoms with van der Waals surface area (Å²) in [6.07, 6.45) is 5.36. The number of aryl methyl sites for hydroxylation is 1. The van der Waals surface area contributed by atoms with E-state index >= 15 is 0 Å². The topological polar surface area (TPSA) is 78.9 Å². The van der Waals surface area contributed by atoms with Crippen molar-refractivity contribution in [2.24, 2.45) is 5.73 Å². The average Bonchev–Trinajstić information content (AvgIpc) is 3.70. The quantitative estimate of drug-likeness (QED) is 0.277. The Morgan fingerprint density at radius 3 is 2.78 bits per heavy atom. The molecule has 168 valence electrons. The van der Waals surface area contributed by atoms with E-state index in [0.717, 1.165) is 41.9 Å². The second-order valence-electron chi connectivity index (χ2n) is 8.45. The highest BCUT2D eigenvalue weighted by molar-refractivity contribution is 5.72. The number of hydrogen-bond acceptors (Lipinski definition) is 6. The van der Waals surface area contributed by atoms with Gasteiger partial charge in [0.15, 0.2) is 5.82 Å². The van der Waals surface area contributed by atoms with Crippen LogP contribution in [0.1, 0.15) is 48.3 Å². The first kappa shape index (κ1) is 22.0. The Kier molecular flexibility index (Phi) is 6.02. The van der Waals surface area contributed by atoms with E-state index in [2.05, 4.69) is 37.3 Å². The van der Waals surface area contributed by atoms with Crippen LogP contribution in [0.5, 0.6) is 0 Å². The lowest BCUT2D eigenvalue weighted by Gasteiger charge is -2.16. The highest BCUT2D eigenvalue weighted by Crippen LogP contribution is 2.41. The standard InChI is InChI=1S/C25H31FN6/c1-5-16(3)32-15-25(32,26)28-13-12-18-8-7-9-20(14-18)29-24-22(17(4)27)30-21(6-2)23(31-24)19-10-11-19/h5,7-9,14,19,28H,1,3-4,6,10-13,15,27H2,2H3,(H,29,31). The van der Waals surface area contributed by atoms with E-state index < -0.39 is 5.92 Å². The molecule has 4 N–H and O–H groups in total. The minimum Gasteiger partial charge on any atom is -0.397 e. The van der Waals surface area contributed by atoms with E-state index in [1.165, 1.54) is 0 Å². The molecule has 2 aliphatic rings. The minimum atomic E-state index is -1.52. The van der Waals surface area contributed by atoms with E-state index in [4.69, 9.17) is 15.7 Å². The molecule has 6 nitrogen and oxygen atoms in total. The molecular formula is C25H31FN6. The van der Waals surface area contributed by atoms with Gasteiger partial charge in [-0.15, -0.1) is 0 Å². The third-order valence-corrected chi connectivity index (χ3v) is 5.88. The van der Waals surface area contributed by atoms with E-state index in [1.54, 1.807) is 11.0 Å². The summed E-state index contributed by atoms with van der Waals surface area (Å²) >= 11 is 0. The van der Waals surface area contributed by atoms with Crippen molar-refractivity contribution in [3.63, 3.8) is 0 Å². The SMILES string of the molecule is C=CC(=C)N1CC1(F)NCCc1cccc(Nc2nc(C3CC3)c(CC)nc2C(=C)N)c1. The number of rotatable bonds is 11. The van der Waals surface area contributed by atoms with Gasteiger partial charge in [0.2, 0.25) is 0 Å². The minimum absolute atomic E-state index is 0.293. The molecule has 1 unspecified atom stereocenters. The first-order chi connectivity index (χ1) is 15.3. The monoisotopic (exact) mass is 434 g/mol. The molecule has 0 bridgehead atoms. The third-order valence-electron chi connectivity index (χ3n) is 5.88. The molecule has 2 aromatic rings. The van der Waals surface area contributed by atoms with Crippen LogP contribution in [0.2, 0.25) is 0 Å². The molecular weight excluding hydrogens is 403 g/mol. The van der Waals surface area contributed by atoms with Crippen LogP contribution in [-0.2, 0) is 12.8 Å². The fraction of sp³-hybridized carbons (Fsp3) is 0.360. The number of halogens is 1. The number of benzene rings is 1. The van der Waals surface area contributed by atoms with Gasteiger partial charge in [0.1, 0.15) is 5.69 Å². The number of allylic oxidation sites excluding steroid dienone is 1. The molecule has 2 fully saturated rings. The Morgan fingerprint density at radius 2 is 2.12 bits per heavy atom. The van der Waals surface area contributed by atoms with Crippen molar-refractivity contribution >= 4 is 17.2 Å². The van der Waals surface area contributed by atoms with Gasteiger partial charge in [-0.3, -0.25) is 5.32 Å². The van der Waals surface area contributed by atoms with Gasteiger partial charge in [0.25, 0.3) is 5.92 Å². The summed E-state index contributed by atoms with van der Waals surface area (Å²) in [6.45, 7) is 14.2. The zero-order valence-electron chi connectivity index (χ0n) is 18.6. The zero-order chi connectivity index (χ0) is 22.9. The molecule has 2 heterocycles. The van der Waals surface area contributed by atoms with E-state index in [1.807, 2.05) is 24.3 Å². The summed E-state index contributed by atoms with van der Waals surface area (Å²) < 4.78 is 14.6. The molecule has 0 amide bonds. The smallest absolute Gasteiger partial charge is 0.255 e. The van der Waals surface area contributed by atoms with Crippen molar-refractivity contribution in [2.75, 3.05) is 18.4 Å². The molecule has 0 spiro atoms. The largest absolute Gasteiger partial charge is 0.397 e. The van der Waals surface area contributed by atoms with Crippen molar-refractivity contribution in [2.45, 2.75) is 44.4 Å². The number of nitrogens with zero attached hydrogens (tertiary/aromatic N) is 3. The molecule has 7 heteroatoms. The average molecular weight is 435 g/mol. The molecule has 0 radical (unpaired) electrons. The van der Waals surface area contributed by atoms with Gasteiger partial charge in [-0.1, -0.05) is 38.8 Å². The normalized spacial score (nSPS) is 19.5. The maximum absolute atomic E-state index is 14.6. The Morgan fingerprint density at radius 1 is 1.34 bits per heavy atom. The maximum Gasteiger partial charge on any atom is 0.255 e. The number of alkyl halides is 1. The van der Waals surface area contributed by atoms with E-state index in [9.17, 15) is 4.39 Å². The first-order valence-electron chi connectivity index (χ1n) is 11.1. The fourth-order valence-corrected chi connectivity index (χ4v) is 3.84.